The van der Waals surface area contributed by atoms with E-state index >= 15 is 0 Å². The molecule has 0 bridgehead atoms. The molecule has 12 heterocycles. The molecule has 0 unspecified atom stereocenters. The van der Waals surface area contributed by atoms with E-state index in [-0.39, 0.29) is 52.9 Å². The Balaban J connectivity index is 0.000000133. The van der Waals surface area contributed by atoms with E-state index < -0.39 is 5.54 Å². The number of nitrogens with zero attached hydrogens (tertiary/aromatic N) is 13. The Labute approximate surface area is 760 Å². The predicted octanol–water partition coefficient (Wildman–Crippen LogP) is 23.4. The van der Waals surface area contributed by atoms with Gasteiger partial charge in [-0.3, -0.25) is 54.5 Å². The topological polar surface area (TPSA) is 326 Å². The minimum Gasteiger partial charge on any atom is -0.335 e. The van der Waals surface area contributed by atoms with Crippen LogP contribution in [0.1, 0.15) is 77.5 Å². The van der Waals surface area contributed by atoms with E-state index in [1.807, 2.05) is 133 Å². The number of pyridine rings is 6. The third-order valence-electron chi connectivity index (χ3n) is 22.8. The van der Waals surface area contributed by atoms with Crippen LogP contribution in [0.25, 0.3) is 167 Å². The molecule has 9 aromatic carbocycles. The van der Waals surface area contributed by atoms with E-state index in [1.165, 1.54) is 36.4 Å². The molecule has 27 heteroatoms. The highest BCUT2D eigenvalue weighted by molar-refractivity contribution is 6.03. The molecule has 133 heavy (non-hydrogen) atoms. The smallest absolute Gasteiger partial charge is 0.224 e. The van der Waals surface area contributed by atoms with Crippen LogP contribution in [0.3, 0.4) is 0 Å². The van der Waals surface area contributed by atoms with E-state index in [4.69, 9.17) is 20.1 Å². The lowest BCUT2D eigenvalue weighted by molar-refractivity contribution is -0.117. The number of nitrogens with one attached hydrogen (secondary N) is 8. The summed E-state index contributed by atoms with van der Waals surface area (Å²) >= 11 is 0. The Morgan fingerprint density at radius 3 is 1.00 bits per heavy atom. The van der Waals surface area contributed by atoms with Crippen molar-refractivity contribution in [2.75, 3.05) is 16.0 Å². The van der Waals surface area contributed by atoms with Gasteiger partial charge in [0.1, 0.15) is 40.1 Å². The number of rotatable bonds is 22. The van der Waals surface area contributed by atoms with Gasteiger partial charge in [0.15, 0.2) is 17.5 Å². The molecule has 654 valence electrons. The quantitative estimate of drug-likeness (QED) is 0.0292. The number of carbonyl (C=O) groups excluding carboxylic acids is 3. The molecule has 12 aromatic heterocycles. The van der Waals surface area contributed by atoms with Crippen molar-refractivity contribution in [2.24, 2.45) is 17.8 Å². The number of H-pyrrole nitrogens is 5. The zero-order chi connectivity index (χ0) is 91.4. The standard InChI is InChI=1S/C48H38FN7O.2C29H24FN7O/c1-31(2)23-44(57)52-39-25-34(27-50-28-39)32-21-22-43-40(26-32)46(47-53-42-30-51-29-41(45(42)54-47)33-13-12-20-38(49)24-33)55-56(43)48(35-14-6-3-7-15-35,36-16-8-4-9-17-36)37-18-10-5-11-19-37;2*1-16(2)8-26(38)33-21-10-19(12-31-13-21)17-6-7-24-22(11-17)28(37-36-24)29-34-25-15-32-14-23(27(25)35-29)18-4-3-5-20(30)9-18/h3-22,24-31H,23H2,1-2H3,(H,52,57)(H,53,54);2*3-7,9-16H,8H2,1-2H3,(H,33,38)(H,34,35)(H,36,37). The minimum absolute atomic E-state index is 0.0384. The van der Waals surface area contributed by atoms with Crippen LogP contribution in [0, 0.1) is 35.2 Å². The monoisotopic (exact) mass is 1760 g/mol. The average Bonchev–Trinajstić information content (AvgIpc) is 1.60. The van der Waals surface area contributed by atoms with E-state index in [0.717, 1.165) is 105 Å². The Kier molecular flexibility index (Phi) is 23.7. The molecular formula is C106H86F3N21O3. The van der Waals surface area contributed by atoms with E-state index in [2.05, 4.69) is 177 Å². The summed E-state index contributed by atoms with van der Waals surface area (Å²) in [4.78, 5) is 88.4. The first kappa shape index (κ1) is 85.3. The molecule has 0 saturated heterocycles. The first-order chi connectivity index (χ1) is 64.8. The Bertz CT molecular complexity index is 7560. The molecule has 0 fully saturated rings. The third-order valence-corrected chi connectivity index (χ3v) is 22.8. The van der Waals surface area contributed by atoms with Gasteiger partial charge >= 0.3 is 0 Å². The number of fused-ring (bicyclic) bond motifs is 6. The van der Waals surface area contributed by atoms with Gasteiger partial charge in [0, 0.05) is 106 Å². The van der Waals surface area contributed by atoms with Crippen LogP contribution in [0.15, 0.2) is 311 Å². The van der Waals surface area contributed by atoms with Crippen LogP contribution in [0.5, 0.6) is 0 Å². The number of carbonyl (C=O) groups is 3. The van der Waals surface area contributed by atoms with Gasteiger partial charge in [-0.1, -0.05) is 187 Å². The highest BCUT2D eigenvalue weighted by Gasteiger charge is 2.42. The first-order valence-corrected chi connectivity index (χ1v) is 43.5. The molecule has 21 rings (SSSR count). The summed E-state index contributed by atoms with van der Waals surface area (Å²) in [5.74, 6) is 1.33. The van der Waals surface area contributed by atoms with Gasteiger partial charge in [0.25, 0.3) is 0 Å². The van der Waals surface area contributed by atoms with Crippen molar-refractivity contribution >= 4 is 101 Å². The summed E-state index contributed by atoms with van der Waals surface area (Å²) in [6.45, 7) is 12.1. The maximum Gasteiger partial charge on any atom is 0.224 e. The van der Waals surface area contributed by atoms with Crippen molar-refractivity contribution in [2.45, 2.75) is 66.3 Å². The zero-order valence-electron chi connectivity index (χ0n) is 73.0. The van der Waals surface area contributed by atoms with Gasteiger partial charge in [-0.2, -0.15) is 15.3 Å². The maximum atomic E-state index is 14.5. The number of halogens is 3. The number of hydrogen-bond acceptors (Lipinski definition) is 15. The number of aromatic nitrogens is 18. The lowest BCUT2D eigenvalue weighted by Gasteiger charge is -2.37. The number of hydrogen-bond donors (Lipinski definition) is 8. The van der Waals surface area contributed by atoms with Crippen LogP contribution >= 0.6 is 0 Å². The van der Waals surface area contributed by atoms with Crippen molar-refractivity contribution < 1.29 is 27.6 Å². The molecule has 24 nitrogen and oxygen atoms in total. The van der Waals surface area contributed by atoms with Crippen molar-refractivity contribution in [1.29, 1.82) is 0 Å². The summed E-state index contributed by atoms with van der Waals surface area (Å²) in [7, 11) is 0. The van der Waals surface area contributed by atoms with Gasteiger partial charge in [0.2, 0.25) is 17.7 Å². The largest absolute Gasteiger partial charge is 0.335 e. The van der Waals surface area contributed by atoms with Crippen LogP contribution in [0.4, 0.5) is 30.2 Å². The van der Waals surface area contributed by atoms with Crippen molar-refractivity contribution in [3.8, 4) is 101 Å². The molecule has 0 aliphatic heterocycles. The lowest BCUT2D eigenvalue weighted by Crippen LogP contribution is -2.38. The van der Waals surface area contributed by atoms with Gasteiger partial charge in [-0.25, -0.2) is 32.8 Å². The van der Waals surface area contributed by atoms with Crippen LogP contribution < -0.4 is 16.0 Å². The Morgan fingerprint density at radius 2 is 0.654 bits per heavy atom. The molecule has 0 spiro atoms. The van der Waals surface area contributed by atoms with Crippen molar-refractivity contribution in [3.05, 3.63) is 345 Å². The molecule has 0 aliphatic rings. The molecule has 0 saturated carbocycles. The summed E-state index contributed by atoms with van der Waals surface area (Å²) in [5.41, 5.74) is 22.3. The highest BCUT2D eigenvalue weighted by atomic mass is 19.1. The van der Waals surface area contributed by atoms with Gasteiger partial charge in [-0.05, 0) is 159 Å². The van der Waals surface area contributed by atoms with Gasteiger partial charge in [0.05, 0.1) is 104 Å². The summed E-state index contributed by atoms with van der Waals surface area (Å²) < 4.78 is 44.3. The predicted molar refractivity (Wildman–Crippen MR) is 515 cm³/mol. The van der Waals surface area contributed by atoms with Crippen molar-refractivity contribution in [3.63, 3.8) is 0 Å². The minimum atomic E-state index is -0.912. The molecule has 0 atom stereocenters. The number of amides is 3. The number of aromatic amines is 5. The SMILES string of the molecule is CC(C)CC(=O)Nc1cncc(-c2ccc3[nH]nc(-c4nc5c(-c6cccc(F)c6)cncc5[nH]4)c3c2)c1.CC(C)CC(=O)Nc1cncc(-c2ccc3[nH]nc(-c4nc5c(-c6cccc(F)c6)cncc5[nH]4)c3c2)c1.CC(C)CC(=O)Nc1cncc(-c2ccc3c(c2)c(-c2nc4c(-c5cccc(F)c5)cncc4[nH]2)nn3C(c2ccccc2)(c2ccccc2)c2ccccc2)c1. The third kappa shape index (κ3) is 17.9. The van der Waals surface area contributed by atoms with Crippen LogP contribution in [-0.4, -0.2) is 108 Å². The summed E-state index contributed by atoms with van der Waals surface area (Å²) in [5, 5.41) is 32.2. The zero-order valence-corrected chi connectivity index (χ0v) is 73.0. The van der Waals surface area contributed by atoms with Gasteiger partial charge in [-0.15, -0.1) is 0 Å². The average molecular weight is 1760 g/mol. The normalized spacial score (nSPS) is 11.6. The second kappa shape index (κ2) is 36.9. The molecule has 0 aliphatic carbocycles. The fraction of sp³-hybridized carbons (Fsp3) is 0.123. The summed E-state index contributed by atoms with van der Waals surface area (Å²) in [6.07, 6.45) is 21.8. The van der Waals surface area contributed by atoms with E-state index in [1.54, 1.807) is 92.6 Å². The van der Waals surface area contributed by atoms with Crippen LogP contribution in [0.2, 0.25) is 0 Å². The van der Waals surface area contributed by atoms with E-state index in [0.29, 0.717) is 115 Å². The molecule has 3 amide bonds. The molecule has 0 radical (unpaired) electrons. The second-order valence-electron chi connectivity index (χ2n) is 33.8. The van der Waals surface area contributed by atoms with Crippen molar-refractivity contribution in [1.82, 2.24) is 90.0 Å². The lowest BCUT2D eigenvalue weighted by atomic mass is 9.77. The maximum absolute atomic E-state index is 14.5. The summed E-state index contributed by atoms with van der Waals surface area (Å²) in [6, 6.07) is 74.4. The van der Waals surface area contributed by atoms with Gasteiger partial charge < -0.3 is 30.9 Å². The first-order valence-electron chi connectivity index (χ1n) is 43.5. The number of benzene rings is 9. The molecule has 8 N–H and O–H groups in total. The highest BCUT2D eigenvalue weighted by Crippen LogP contribution is 2.46. The fourth-order valence-electron chi connectivity index (χ4n) is 16.9. The Hall–Kier alpha value is -17.1. The molecular weight excluding hydrogens is 1670 g/mol. The number of imidazole rings is 3. The second-order valence-corrected chi connectivity index (χ2v) is 33.8. The fourth-order valence-corrected chi connectivity index (χ4v) is 16.9. The molecule has 21 aromatic rings. The van der Waals surface area contributed by atoms with Crippen LogP contribution in [-0.2, 0) is 19.9 Å². The Morgan fingerprint density at radius 1 is 0.323 bits per heavy atom. The number of anilines is 3. The van der Waals surface area contributed by atoms with E-state index in [9.17, 15) is 27.6 Å².